The third-order valence-electron chi connectivity index (χ3n) is 4.98. The van der Waals surface area contributed by atoms with Gasteiger partial charge in [0.2, 0.25) is 0 Å². The van der Waals surface area contributed by atoms with Gasteiger partial charge in [-0.05, 0) is 24.2 Å². The highest BCUT2D eigenvalue weighted by atomic mass is 32.2. The van der Waals surface area contributed by atoms with E-state index in [0.717, 1.165) is 25.0 Å². The topological polar surface area (TPSA) is 63.7 Å². The van der Waals surface area contributed by atoms with E-state index in [2.05, 4.69) is 30.3 Å². The summed E-state index contributed by atoms with van der Waals surface area (Å²) in [7, 11) is 0. The van der Waals surface area contributed by atoms with E-state index in [1.54, 1.807) is 0 Å². The zero-order valence-electron chi connectivity index (χ0n) is 17.3. The maximum atomic E-state index is 11.7. The number of thioether (sulfide) groups is 1. The number of hydrogen-bond acceptors (Lipinski definition) is 5. The third kappa shape index (κ3) is 9.97. The first-order valence-electron chi connectivity index (χ1n) is 10.8. The van der Waals surface area contributed by atoms with Crippen molar-refractivity contribution in [2.45, 2.75) is 82.8 Å². The van der Waals surface area contributed by atoms with Gasteiger partial charge in [0.05, 0.1) is 0 Å². The Bertz CT molecular complexity index is 619. The SMILES string of the molecule is O=C(CCCCCCCCCCCSCc1ccccc1)ON1C(=O)CCC1=O. The van der Waals surface area contributed by atoms with Crippen LogP contribution >= 0.6 is 11.8 Å². The van der Waals surface area contributed by atoms with E-state index in [9.17, 15) is 14.4 Å². The molecule has 1 heterocycles. The molecule has 1 aliphatic heterocycles. The summed E-state index contributed by atoms with van der Waals surface area (Å²) in [5, 5.41) is 0.627. The monoisotopic (exact) mass is 419 g/mol. The number of carbonyl (C=O) groups excluding carboxylic acids is 3. The van der Waals surface area contributed by atoms with Crippen LogP contribution in [0.2, 0.25) is 0 Å². The van der Waals surface area contributed by atoms with Gasteiger partial charge in [0.1, 0.15) is 0 Å². The number of benzene rings is 1. The zero-order valence-corrected chi connectivity index (χ0v) is 18.1. The lowest BCUT2D eigenvalue weighted by atomic mass is 10.1. The van der Waals surface area contributed by atoms with Gasteiger partial charge in [-0.3, -0.25) is 9.59 Å². The molecule has 2 amide bonds. The van der Waals surface area contributed by atoms with Crippen LogP contribution < -0.4 is 0 Å². The van der Waals surface area contributed by atoms with E-state index in [4.69, 9.17) is 4.84 Å². The van der Waals surface area contributed by atoms with Crippen LogP contribution in [0.3, 0.4) is 0 Å². The Hall–Kier alpha value is -1.82. The summed E-state index contributed by atoms with van der Waals surface area (Å²) in [5.74, 6) is 1.02. The molecule has 0 N–H and O–H groups in total. The standard InChI is InChI=1S/C23H33NO4S/c25-21-16-17-22(26)24(21)28-23(27)15-11-6-4-2-1-3-5-7-12-18-29-19-20-13-9-8-10-14-20/h8-10,13-14H,1-7,11-12,15-19H2. The molecule has 0 radical (unpaired) electrons. The molecule has 1 aromatic carbocycles. The van der Waals surface area contributed by atoms with E-state index >= 15 is 0 Å². The number of hydrogen-bond donors (Lipinski definition) is 0. The molecule has 0 unspecified atom stereocenters. The molecule has 0 atom stereocenters. The van der Waals surface area contributed by atoms with Crippen molar-refractivity contribution in [1.82, 2.24) is 5.06 Å². The molecular weight excluding hydrogens is 386 g/mol. The van der Waals surface area contributed by atoms with Crippen molar-refractivity contribution in [3.05, 3.63) is 35.9 Å². The summed E-state index contributed by atoms with van der Waals surface area (Å²) in [6.07, 6.45) is 11.0. The Morgan fingerprint density at radius 2 is 1.38 bits per heavy atom. The number of amides is 2. The second kappa shape index (κ2) is 14.2. The molecule has 1 aliphatic rings. The highest BCUT2D eigenvalue weighted by Gasteiger charge is 2.32. The van der Waals surface area contributed by atoms with Crippen LogP contribution in [0.1, 0.15) is 82.6 Å². The van der Waals surface area contributed by atoms with Gasteiger partial charge in [-0.2, -0.15) is 11.8 Å². The van der Waals surface area contributed by atoms with Gasteiger partial charge in [-0.1, -0.05) is 75.3 Å². The van der Waals surface area contributed by atoms with Crippen molar-refractivity contribution in [3.8, 4) is 0 Å². The molecule has 6 heteroatoms. The first-order valence-corrected chi connectivity index (χ1v) is 12.0. The molecule has 0 saturated carbocycles. The van der Waals surface area contributed by atoms with Crippen LogP contribution in [0.25, 0.3) is 0 Å². The quantitative estimate of drug-likeness (QED) is 0.280. The predicted molar refractivity (Wildman–Crippen MR) is 116 cm³/mol. The van der Waals surface area contributed by atoms with E-state index in [0.29, 0.717) is 5.06 Å². The molecule has 0 aliphatic carbocycles. The highest BCUT2D eigenvalue weighted by molar-refractivity contribution is 7.98. The van der Waals surface area contributed by atoms with Gasteiger partial charge in [0.15, 0.2) is 0 Å². The fraction of sp³-hybridized carbons (Fsp3) is 0.609. The van der Waals surface area contributed by atoms with Crippen molar-refractivity contribution in [3.63, 3.8) is 0 Å². The first-order chi connectivity index (χ1) is 14.2. The largest absolute Gasteiger partial charge is 0.333 e. The smallest absolute Gasteiger partial charge is 0.330 e. The van der Waals surface area contributed by atoms with Gasteiger partial charge in [0, 0.05) is 25.0 Å². The average molecular weight is 420 g/mol. The molecule has 1 aromatic rings. The lowest BCUT2D eigenvalue weighted by Gasteiger charge is -2.12. The van der Waals surface area contributed by atoms with E-state index in [-0.39, 0.29) is 19.3 Å². The number of unbranched alkanes of at least 4 members (excludes halogenated alkanes) is 8. The molecule has 1 saturated heterocycles. The molecule has 1 fully saturated rings. The minimum Gasteiger partial charge on any atom is -0.330 e. The van der Waals surface area contributed by atoms with Crippen LogP contribution in [0.4, 0.5) is 0 Å². The molecule has 160 valence electrons. The Balaban J connectivity index is 1.32. The number of imide groups is 1. The normalized spacial score (nSPS) is 13.9. The summed E-state index contributed by atoms with van der Waals surface area (Å²) in [4.78, 5) is 39.3. The van der Waals surface area contributed by atoms with Crippen LogP contribution in [0.5, 0.6) is 0 Å². The van der Waals surface area contributed by atoms with Crippen molar-refractivity contribution in [2.75, 3.05) is 5.75 Å². The number of nitrogens with zero attached hydrogens (tertiary/aromatic N) is 1. The Labute approximate surface area is 178 Å². The van der Waals surface area contributed by atoms with Gasteiger partial charge < -0.3 is 4.84 Å². The van der Waals surface area contributed by atoms with Gasteiger partial charge in [0.25, 0.3) is 11.8 Å². The fourth-order valence-corrected chi connectivity index (χ4v) is 4.26. The van der Waals surface area contributed by atoms with Crippen molar-refractivity contribution in [1.29, 1.82) is 0 Å². The highest BCUT2D eigenvalue weighted by Crippen LogP contribution is 2.16. The van der Waals surface area contributed by atoms with Crippen molar-refractivity contribution < 1.29 is 19.2 Å². The third-order valence-corrected chi connectivity index (χ3v) is 6.09. The molecule has 5 nitrogen and oxygen atoms in total. The molecular formula is C23H33NO4S. The lowest BCUT2D eigenvalue weighted by molar-refractivity contribution is -0.197. The maximum Gasteiger partial charge on any atom is 0.333 e. The summed E-state index contributed by atoms with van der Waals surface area (Å²) in [5.41, 5.74) is 1.41. The van der Waals surface area contributed by atoms with Crippen LogP contribution in [-0.4, -0.2) is 28.6 Å². The Morgan fingerprint density at radius 3 is 2.00 bits per heavy atom. The second-order valence-corrected chi connectivity index (χ2v) is 8.62. The van der Waals surface area contributed by atoms with Gasteiger partial charge >= 0.3 is 5.97 Å². The molecule has 29 heavy (non-hydrogen) atoms. The maximum absolute atomic E-state index is 11.7. The van der Waals surface area contributed by atoms with Crippen LogP contribution in [0, 0.1) is 0 Å². The summed E-state index contributed by atoms with van der Waals surface area (Å²) in [6.45, 7) is 0. The zero-order chi connectivity index (χ0) is 20.7. The second-order valence-electron chi connectivity index (χ2n) is 7.52. The molecule has 0 bridgehead atoms. The summed E-state index contributed by atoms with van der Waals surface area (Å²) in [6, 6.07) is 10.6. The lowest BCUT2D eigenvalue weighted by Crippen LogP contribution is -2.31. The summed E-state index contributed by atoms with van der Waals surface area (Å²) >= 11 is 2.02. The Morgan fingerprint density at radius 1 is 0.828 bits per heavy atom. The number of hydroxylamine groups is 2. The summed E-state index contributed by atoms with van der Waals surface area (Å²) < 4.78 is 0. The first kappa shape index (κ1) is 23.5. The number of carbonyl (C=O) groups is 3. The van der Waals surface area contributed by atoms with E-state index in [1.165, 1.54) is 49.8 Å². The van der Waals surface area contributed by atoms with Crippen LogP contribution in [0.15, 0.2) is 30.3 Å². The molecule has 0 spiro atoms. The minimum absolute atomic E-state index is 0.138. The molecule has 0 aromatic heterocycles. The van der Waals surface area contributed by atoms with E-state index < -0.39 is 17.8 Å². The number of rotatable bonds is 15. The van der Waals surface area contributed by atoms with E-state index in [1.807, 2.05) is 11.8 Å². The van der Waals surface area contributed by atoms with Gasteiger partial charge in [-0.15, -0.1) is 5.06 Å². The van der Waals surface area contributed by atoms with Crippen molar-refractivity contribution >= 4 is 29.5 Å². The minimum atomic E-state index is -0.487. The fourth-order valence-electron chi connectivity index (χ4n) is 3.28. The van der Waals surface area contributed by atoms with Crippen LogP contribution in [-0.2, 0) is 25.0 Å². The van der Waals surface area contributed by atoms with Crippen molar-refractivity contribution in [2.24, 2.45) is 0 Å². The molecule has 2 rings (SSSR count). The predicted octanol–water partition coefficient (Wildman–Crippen LogP) is 5.43. The average Bonchev–Trinajstić information content (AvgIpc) is 3.04. The van der Waals surface area contributed by atoms with Gasteiger partial charge in [-0.25, -0.2) is 4.79 Å². The Kier molecular flexibility index (Phi) is 11.5.